The van der Waals surface area contributed by atoms with Crippen LogP contribution in [0.25, 0.3) is 16.6 Å². The molecule has 0 radical (unpaired) electrons. The average molecular weight is 355 g/mol. The zero-order valence-corrected chi connectivity index (χ0v) is 14.7. The first-order valence-electron chi connectivity index (χ1n) is 8.05. The standard InChI is InChI=1S/C17H17N5O2S/c1-10-9-14-19-20-17(22(14)13-6-4-3-5-12(10)13)25-11(2)15(23)21-8-7-18-16(21)24/h3-6,9,11H,7-8H2,1-2H3,(H,18,24). The Bertz CT molecular complexity index is 999. The molecule has 7 nitrogen and oxygen atoms in total. The van der Waals surface area contributed by atoms with Gasteiger partial charge < -0.3 is 5.32 Å². The van der Waals surface area contributed by atoms with E-state index in [1.165, 1.54) is 16.7 Å². The SMILES string of the molecule is Cc1cc2nnc(SC(C)C(=O)N3CCNC3=O)n2c2ccccc12. The van der Waals surface area contributed by atoms with E-state index in [-0.39, 0.29) is 11.9 Å². The minimum atomic E-state index is -0.434. The highest BCUT2D eigenvalue weighted by atomic mass is 32.2. The highest BCUT2D eigenvalue weighted by Gasteiger charge is 2.31. The van der Waals surface area contributed by atoms with Crippen LogP contribution >= 0.6 is 11.8 Å². The third-order valence-electron chi connectivity index (χ3n) is 4.33. The monoisotopic (exact) mass is 355 g/mol. The molecule has 1 aromatic carbocycles. The van der Waals surface area contributed by atoms with Crippen molar-refractivity contribution in [1.82, 2.24) is 24.8 Å². The number of hydrogen-bond acceptors (Lipinski definition) is 5. The number of amides is 3. The molecule has 0 spiro atoms. The summed E-state index contributed by atoms with van der Waals surface area (Å²) in [5, 5.41) is 12.5. The molecule has 0 bridgehead atoms. The number of para-hydroxylation sites is 1. The van der Waals surface area contributed by atoms with Crippen LogP contribution < -0.4 is 5.32 Å². The normalized spacial score (nSPS) is 15.8. The number of hydrogen-bond donors (Lipinski definition) is 1. The smallest absolute Gasteiger partial charge is 0.324 e. The number of rotatable bonds is 3. The molecule has 3 heterocycles. The maximum Gasteiger partial charge on any atom is 0.324 e. The maximum atomic E-state index is 12.5. The lowest BCUT2D eigenvalue weighted by molar-refractivity contribution is -0.126. The van der Waals surface area contributed by atoms with Crippen molar-refractivity contribution >= 4 is 40.3 Å². The minimum absolute atomic E-state index is 0.215. The summed E-state index contributed by atoms with van der Waals surface area (Å²) in [6, 6.07) is 9.70. The van der Waals surface area contributed by atoms with Gasteiger partial charge in [0, 0.05) is 18.5 Å². The van der Waals surface area contributed by atoms with E-state index in [1.807, 2.05) is 35.6 Å². The van der Waals surface area contributed by atoms with Gasteiger partial charge in [-0.25, -0.2) is 4.79 Å². The number of benzene rings is 1. The van der Waals surface area contributed by atoms with Crippen LogP contribution in [0.1, 0.15) is 12.5 Å². The van der Waals surface area contributed by atoms with Crippen molar-refractivity contribution in [2.45, 2.75) is 24.3 Å². The molecule has 1 aliphatic heterocycles. The van der Waals surface area contributed by atoms with Gasteiger partial charge in [-0.3, -0.25) is 14.1 Å². The Hall–Kier alpha value is -2.61. The van der Waals surface area contributed by atoms with Gasteiger partial charge in [0.05, 0.1) is 10.8 Å². The summed E-state index contributed by atoms with van der Waals surface area (Å²) < 4.78 is 1.96. The molecule has 0 saturated carbocycles. The maximum absolute atomic E-state index is 12.5. The lowest BCUT2D eigenvalue weighted by atomic mass is 10.1. The van der Waals surface area contributed by atoms with Crippen LogP contribution in [0.4, 0.5) is 4.79 Å². The summed E-state index contributed by atoms with van der Waals surface area (Å²) >= 11 is 1.32. The van der Waals surface area contributed by atoms with Gasteiger partial charge in [0.15, 0.2) is 10.8 Å². The van der Waals surface area contributed by atoms with Crippen LogP contribution in [0.15, 0.2) is 35.5 Å². The molecule has 1 fully saturated rings. The number of aryl methyl sites for hydroxylation is 1. The summed E-state index contributed by atoms with van der Waals surface area (Å²) in [4.78, 5) is 25.5. The fourth-order valence-electron chi connectivity index (χ4n) is 3.06. The fraction of sp³-hybridized carbons (Fsp3) is 0.294. The second-order valence-electron chi connectivity index (χ2n) is 6.00. The van der Waals surface area contributed by atoms with E-state index in [0.717, 1.165) is 22.1 Å². The molecule has 4 rings (SSSR count). The summed E-state index contributed by atoms with van der Waals surface area (Å²) in [6.45, 7) is 4.74. The van der Waals surface area contributed by atoms with E-state index in [0.29, 0.717) is 18.2 Å². The second kappa shape index (κ2) is 6.03. The van der Waals surface area contributed by atoms with Gasteiger partial charge in [0.1, 0.15) is 0 Å². The molecule has 1 atom stereocenters. The van der Waals surface area contributed by atoms with E-state index < -0.39 is 5.25 Å². The lowest BCUT2D eigenvalue weighted by Crippen LogP contribution is -2.39. The Morgan fingerprint density at radius 3 is 2.88 bits per heavy atom. The summed E-state index contributed by atoms with van der Waals surface area (Å²) in [5.74, 6) is -0.215. The summed E-state index contributed by atoms with van der Waals surface area (Å²) in [6.07, 6.45) is 0. The van der Waals surface area contributed by atoms with Crippen molar-refractivity contribution in [1.29, 1.82) is 0 Å². The van der Waals surface area contributed by atoms with Crippen molar-refractivity contribution < 1.29 is 9.59 Å². The number of pyridine rings is 1. The van der Waals surface area contributed by atoms with E-state index in [9.17, 15) is 9.59 Å². The van der Waals surface area contributed by atoms with Gasteiger partial charge in [-0.1, -0.05) is 30.0 Å². The molecule has 0 aliphatic carbocycles. The van der Waals surface area contributed by atoms with Crippen LogP contribution in [-0.2, 0) is 4.79 Å². The Morgan fingerprint density at radius 1 is 1.32 bits per heavy atom. The van der Waals surface area contributed by atoms with Gasteiger partial charge >= 0.3 is 6.03 Å². The molecular weight excluding hydrogens is 338 g/mol. The molecule has 8 heteroatoms. The zero-order chi connectivity index (χ0) is 17.6. The Balaban J connectivity index is 1.71. The molecule has 3 amide bonds. The first-order valence-corrected chi connectivity index (χ1v) is 8.93. The van der Waals surface area contributed by atoms with E-state index in [4.69, 9.17) is 0 Å². The first kappa shape index (κ1) is 15.9. The van der Waals surface area contributed by atoms with Crippen LogP contribution in [-0.4, -0.2) is 49.8 Å². The van der Waals surface area contributed by atoms with Crippen LogP contribution in [0, 0.1) is 6.92 Å². The zero-order valence-electron chi connectivity index (χ0n) is 13.9. The van der Waals surface area contributed by atoms with E-state index in [2.05, 4.69) is 21.6 Å². The van der Waals surface area contributed by atoms with Gasteiger partial charge in [0.2, 0.25) is 5.91 Å². The Morgan fingerprint density at radius 2 is 2.12 bits per heavy atom. The van der Waals surface area contributed by atoms with Gasteiger partial charge in [0.25, 0.3) is 0 Å². The molecule has 2 aromatic heterocycles. The molecular formula is C17H17N5O2S. The molecule has 1 aliphatic rings. The first-order chi connectivity index (χ1) is 12.1. The third-order valence-corrected chi connectivity index (χ3v) is 5.36. The Labute approximate surface area is 148 Å². The quantitative estimate of drug-likeness (QED) is 0.729. The van der Waals surface area contributed by atoms with Crippen molar-refractivity contribution in [2.24, 2.45) is 0 Å². The van der Waals surface area contributed by atoms with E-state index >= 15 is 0 Å². The summed E-state index contributed by atoms with van der Waals surface area (Å²) in [5.41, 5.74) is 2.88. The number of nitrogens with one attached hydrogen (secondary N) is 1. The highest BCUT2D eigenvalue weighted by Crippen LogP contribution is 2.28. The third kappa shape index (κ3) is 2.62. The number of carbonyl (C=O) groups is 2. The van der Waals surface area contributed by atoms with E-state index in [1.54, 1.807) is 6.92 Å². The highest BCUT2D eigenvalue weighted by molar-refractivity contribution is 8.00. The summed E-state index contributed by atoms with van der Waals surface area (Å²) in [7, 11) is 0. The second-order valence-corrected chi connectivity index (χ2v) is 7.31. The topological polar surface area (TPSA) is 79.6 Å². The number of carbonyl (C=O) groups excluding carboxylic acids is 2. The number of aromatic nitrogens is 3. The largest absolute Gasteiger partial charge is 0.336 e. The Kier molecular flexibility index (Phi) is 3.84. The van der Waals surface area contributed by atoms with Gasteiger partial charge in [-0.15, -0.1) is 10.2 Å². The molecule has 1 unspecified atom stereocenters. The number of nitrogens with zero attached hydrogens (tertiary/aromatic N) is 4. The molecule has 3 aromatic rings. The molecule has 25 heavy (non-hydrogen) atoms. The predicted octanol–water partition coefficient (Wildman–Crippen LogP) is 2.22. The van der Waals surface area contributed by atoms with Gasteiger partial charge in [-0.2, -0.15) is 0 Å². The molecule has 1 saturated heterocycles. The van der Waals surface area contributed by atoms with Crippen molar-refractivity contribution in [2.75, 3.05) is 13.1 Å². The van der Waals surface area contributed by atoms with Crippen molar-refractivity contribution in [3.8, 4) is 0 Å². The van der Waals surface area contributed by atoms with Crippen LogP contribution in [0.3, 0.4) is 0 Å². The van der Waals surface area contributed by atoms with Crippen molar-refractivity contribution in [3.63, 3.8) is 0 Å². The number of imide groups is 1. The average Bonchev–Trinajstić information content (AvgIpc) is 3.21. The lowest BCUT2D eigenvalue weighted by Gasteiger charge is -2.17. The molecule has 1 N–H and O–H groups in total. The number of urea groups is 1. The number of fused-ring (bicyclic) bond motifs is 3. The van der Waals surface area contributed by atoms with Crippen molar-refractivity contribution in [3.05, 3.63) is 35.9 Å². The predicted molar refractivity (Wildman–Crippen MR) is 95.7 cm³/mol. The molecule has 128 valence electrons. The van der Waals surface area contributed by atoms with Gasteiger partial charge in [-0.05, 0) is 31.5 Å². The van der Waals surface area contributed by atoms with Crippen LogP contribution in [0.5, 0.6) is 0 Å². The minimum Gasteiger partial charge on any atom is -0.336 e. The fourth-order valence-corrected chi connectivity index (χ4v) is 3.99. The van der Waals surface area contributed by atoms with Crippen LogP contribution in [0.2, 0.25) is 0 Å². The number of thioether (sulfide) groups is 1.